The summed E-state index contributed by atoms with van der Waals surface area (Å²) in [6.07, 6.45) is 4.01. The Balaban J connectivity index is 1.37. The quantitative estimate of drug-likeness (QED) is 0.784. The summed E-state index contributed by atoms with van der Waals surface area (Å²) >= 11 is 1.79. The van der Waals surface area contributed by atoms with Crippen LogP contribution in [-0.2, 0) is 17.9 Å². The van der Waals surface area contributed by atoms with E-state index in [2.05, 4.69) is 33.9 Å². The Hall–Kier alpha value is -1.30. The van der Waals surface area contributed by atoms with Crippen molar-refractivity contribution in [2.45, 2.75) is 46.3 Å². The van der Waals surface area contributed by atoms with Crippen molar-refractivity contribution in [3.05, 3.63) is 45.7 Å². The van der Waals surface area contributed by atoms with Gasteiger partial charge in [0.15, 0.2) is 0 Å². The number of hydrogen-bond acceptors (Lipinski definition) is 5. The first-order chi connectivity index (χ1) is 12.1. The van der Waals surface area contributed by atoms with Crippen molar-refractivity contribution < 1.29 is 4.74 Å². The van der Waals surface area contributed by atoms with Crippen molar-refractivity contribution in [3.63, 3.8) is 0 Å². The van der Waals surface area contributed by atoms with Gasteiger partial charge in [-0.3, -0.25) is 9.88 Å². The number of aromatic nitrogens is 2. The third-order valence-corrected chi connectivity index (χ3v) is 6.83. The van der Waals surface area contributed by atoms with E-state index in [1.165, 1.54) is 36.4 Å². The summed E-state index contributed by atoms with van der Waals surface area (Å²) in [7, 11) is 0. The summed E-state index contributed by atoms with van der Waals surface area (Å²) in [6, 6.07) is 6.15. The van der Waals surface area contributed by atoms with Crippen LogP contribution in [0.5, 0.6) is 0 Å². The van der Waals surface area contributed by atoms with E-state index < -0.39 is 0 Å². The van der Waals surface area contributed by atoms with Crippen molar-refractivity contribution in [3.8, 4) is 0 Å². The molecule has 0 aromatic carbocycles. The van der Waals surface area contributed by atoms with Gasteiger partial charge < -0.3 is 4.74 Å². The summed E-state index contributed by atoms with van der Waals surface area (Å²) in [5.41, 5.74) is 5.61. The van der Waals surface area contributed by atoms with Gasteiger partial charge in [0.25, 0.3) is 0 Å². The van der Waals surface area contributed by atoms with Crippen LogP contribution in [0, 0.1) is 25.2 Å². The standard InChI is InChI=1S/C20H27N3OS/c1-15-5-3-7-18(22-15)11-24-13-20-8-4-6-17(20)9-23(12-20)10-19-16(2)21-14-25-19/h3,5,7,14,17H,4,6,8-13H2,1-2H3/t17-,20+/m1/s1. The monoisotopic (exact) mass is 357 g/mol. The Labute approximate surface area is 154 Å². The van der Waals surface area contributed by atoms with Crippen LogP contribution in [0.4, 0.5) is 0 Å². The van der Waals surface area contributed by atoms with Gasteiger partial charge in [-0.1, -0.05) is 12.5 Å². The maximum Gasteiger partial charge on any atom is 0.0888 e. The first-order valence-corrected chi connectivity index (χ1v) is 10.1. The Morgan fingerprint density at radius 1 is 1.36 bits per heavy atom. The van der Waals surface area contributed by atoms with E-state index in [0.717, 1.165) is 37.0 Å². The van der Waals surface area contributed by atoms with Gasteiger partial charge in [0.2, 0.25) is 0 Å². The molecule has 2 fully saturated rings. The second-order valence-corrected chi connectivity index (χ2v) is 8.68. The number of thiazole rings is 1. The lowest BCUT2D eigenvalue weighted by molar-refractivity contribution is 0.0252. The SMILES string of the molecule is Cc1cccc(COC[C@@]23CCC[C@@H]2CN(Cc2scnc2C)C3)n1. The highest BCUT2D eigenvalue weighted by Crippen LogP contribution is 2.49. The van der Waals surface area contributed by atoms with Gasteiger partial charge >= 0.3 is 0 Å². The van der Waals surface area contributed by atoms with Gasteiger partial charge in [0.05, 0.1) is 30.1 Å². The van der Waals surface area contributed by atoms with Gasteiger partial charge in [0, 0.05) is 35.6 Å². The van der Waals surface area contributed by atoms with Crippen molar-refractivity contribution >= 4 is 11.3 Å². The molecule has 1 aliphatic carbocycles. The molecule has 1 saturated carbocycles. The van der Waals surface area contributed by atoms with Crippen LogP contribution in [-0.4, -0.2) is 34.6 Å². The number of rotatable bonds is 6. The normalized spacial score (nSPS) is 26.2. The van der Waals surface area contributed by atoms with Crippen LogP contribution in [0.3, 0.4) is 0 Å². The van der Waals surface area contributed by atoms with Gasteiger partial charge in [0.1, 0.15) is 0 Å². The lowest BCUT2D eigenvalue weighted by Crippen LogP contribution is -2.32. The molecule has 134 valence electrons. The van der Waals surface area contributed by atoms with Crippen LogP contribution in [0.25, 0.3) is 0 Å². The summed E-state index contributed by atoms with van der Waals surface area (Å²) in [4.78, 5) is 13.0. The van der Waals surface area contributed by atoms with Crippen LogP contribution in [0.1, 0.15) is 41.2 Å². The average molecular weight is 358 g/mol. The molecule has 2 aliphatic rings. The molecule has 0 spiro atoms. The van der Waals surface area contributed by atoms with Crippen molar-refractivity contribution in [1.82, 2.24) is 14.9 Å². The number of pyridine rings is 1. The van der Waals surface area contributed by atoms with Crippen molar-refractivity contribution in [1.29, 1.82) is 0 Å². The number of aryl methyl sites for hydroxylation is 2. The minimum atomic E-state index is 0.350. The van der Waals surface area contributed by atoms with Gasteiger partial charge in [-0.2, -0.15) is 0 Å². The van der Waals surface area contributed by atoms with Crippen molar-refractivity contribution in [2.24, 2.45) is 11.3 Å². The highest BCUT2D eigenvalue weighted by Gasteiger charge is 2.49. The Bertz CT molecular complexity index is 731. The molecular formula is C20H27N3OS. The maximum absolute atomic E-state index is 6.17. The highest BCUT2D eigenvalue weighted by atomic mass is 32.1. The molecule has 2 atom stereocenters. The van der Waals surface area contributed by atoms with Gasteiger partial charge in [-0.05, 0) is 44.7 Å². The smallest absolute Gasteiger partial charge is 0.0888 e. The molecule has 0 bridgehead atoms. The van der Waals surface area contributed by atoms with E-state index in [4.69, 9.17) is 4.74 Å². The second-order valence-electron chi connectivity index (χ2n) is 7.75. The molecule has 4 rings (SSSR count). The fraction of sp³-hybridized carbons (Fsp3) is 0.600. The Morgan fingerprint density at radius 2 is 2.28 bits per heavy atom. The second kappa shape index (κ2) is 7.14. The van der Waals surface area contributed by atoms with Crippen LogP contribution >= 0.6 is 11.3 Å². The maximum atomic E-state index is 6.17. The molecule has 2 aromatic rings. The van der Waals surface area contributed by atoms with E-state index in [-0.39, 0.29) is 0 Å². The predicted molar refractivity (Wildman–Crippen MR) is 101 cm³/mol. The number of nitrogens with zero attached hydrogens (tertiary/aromatic N) is 3. The first-order valence-electron chi connectivity index (χ1n) is 9.26. The Kier molecular flexibility index (Phi) is 4.89. The van der Waals surface area contributed by atoms with E-state index >= 15 is 0 Å². The third-order valence-electron chi connectivity index (χ3n) is 5.91. The molecule has 0 amide bonds. The predicted octanol–water partition coefficient (Wildman–Crippen LogP) is 3.97. The lowest BCUT2D eigenvalue weighted by atomic mass is 9.81. The zero-order valence-electron chi connectivity index (χ0n) is 15.2. The Morgan fingerprint density at radius 3 is 3.08 bits per heavy atom. The largest absolute Gasteiger partial charge is 0.375 e. The number of hydrogen-bond donors (Lipinski definition) is 0. The molecule has 0 N–H and O–H groups in total. The zero-order valence-corrected chi connectivity index (χ0v) is 16.0. The molecule has 25 heavy (non-hydrogen) atoms. The average Bonchev–Trinajstić information content (AvgIpc) is 3.23. The molecule has 1 saturated heterocycles. The molecule has 0 unspecified atom stereocenters. The topological polar surface area (TPSA) is 38.2 Å². The van der Waals surface area contributed by atoms with Crippen LogP contribution < -0.4 is 0 Å². The minimum absolute atomic E-state index is 0.350. The third kappa shape index (κ3) is 3.64. The van der Waals surface area contributed by atoms with E-state index in [0.29, 0.717) is 12.0 Å². The first kappa shape index (κ1) is 17.1. The number of likely N-dealkylation sites (tertiary alicyclic amines) is 1. The van der Waals surface area contributed by atoms with Crippen LogP contribution in [0.15, 0.2) is 23.7 Å². The molecule has 0 radical (unpaired) electrons. The zero-order chi connectivity index (χ0) is 17.3. The molecule has 2 aromatic heterocycles. The summed E-state index contributed by atoms with van der Waals surface area (Å²) in [5, 5.41) is 0. The molecule has 1 aliphatic heterocycles. The van der Waals surface area contributed by atoms with Gasteiger partial charge in [-0.25, -0.2) is 4.98 Å². The van der Waals surface area contributed by atoms with Gasteiger partial charge in [-0.15, -0.1) is 11.3 Å². The molecule has 3 heterocycles. The summed E-state index contributed by atoms with van der Waals surface area (Å²) in [6.45, 7) is 9.07. The van der Waals surface area contributed by atoms with Crippen molar-refractivity contribution in [2.75, 3.05) is 19.7 Å². The summed E-state index contributed by atoms with van der Waals surface area (Å²) in [5.74, 6) is 0.784. The van der Waals surface area contributed by atoms with E-state index in [1.54, 1.807) is 11.3 Å². The molecule has 5 heteroatoms. The number of fused-ring (bicyclic) bond motifs is 1. The number of ether oxygens (including phenoxy) is 1. The fourth-order valence-corrected chi connectivity index (χ4v) is 5.42. The van der Waals surface area contributed by atoms with E-state index in [1.807, 2.05) is 18.5 Å². The fourth-order valence-electron chi connectivity index (χ4n) is 4.60. The van der Waals surface area contributed by atoms with Crippen LogP contribution in [0.2, 0.25) is 0 Å². The highest BCUT2D eigenvalue weighted by molar-refractivity contribution is 7.09. The van der Waals surface area contributed by atoms with E-state index in [9.17, 15) is 0 Å². The lowest BCUT2D eigenvalue weighted by Gasteiger charge is -2.28. The summed E-state index contributed by atoms with van der Waals surface area (Å²) < 4.78 is 6.17. The molecule has 4 nitrogen and oxygen atoms in total. The minimum Gasteiger partial charge on any atom is -0.375 e. The molecular weight excluding hydrogens is 330 g/mol.